The molecule has 1 heterocycles. The molecule has 5 nitrogen and oxygen atoms in total. The number of benzene rings is 2. The van der Waals surface area contributed by atoms with Gasteiger partial charge in [0.2, 0.25) is 5.89 Å². The standard InChI is InChI=1S/C15H11NO4/c1-19-10-7-5-9(6-8-10)14-16-13-11(15(17)18)3-2-4-12(13)20-14/h2-8H,1H3,(H,17,18)/p-1. The average molecular weight is 268 g/mol. The van der Waals surface area contributed by atoms with Gasteiger partial charge in [0.05, 0.1) is 13.1 Å². The number of nitrogens with zero attached hydrogens (tertiary/aromatic N) is 1. The first-order valence-electron chi connectivity index (χ1n) is 5.94. The molecular formula is C15H10NO4-. The lowest BCUT2D eigenvalue weighted by molar-refractivity contribution is -0.254. The topological polar surface area (TPSA) is 75.4 Å². The van der Waals surface area contributed by atoms with Crippen LogP contribution in [-0.2, 0) is 0 Å². The molecule has 0 unspecified atom stereocenters. The summed E-state index contributed by atoms with van der Waals surface area (Å²) in [6, 6.07) is 11.9. The number of para-hydroxylation sites is 1. The van der Waals surface area contributed by atoms with Crippen LogP contribution >= 0.6 is 0 Å². The summed E-state index contributed by atoms with van der Waals surface area (Å²) in [7, 11) is 1.58. The van der Waals surface area contributed by atoms with Gasteiger partial charge in [-0.3, -0.25) is 0 Å². The Balaban J connectivity index is 2.12. The fourth-order valence-corrected chi connectivity index (χ4v) is 1.97. The van der Waals surface area contributed by atoms with Gasteiger partial charge in [0.1, 0.15) is 11.3 Å². The van der Waals surface area contributed by atoms with Crippen molar-refractivity contribution >= 4 is 17.1 Å². The van der Waals surface area contributed by atoms with Gasteiger partial charge in [-0.15, -0.1) is 0 Å². The Morgan fingerprint density at radius 1 is 1.20 bits per heavy atom. The second kappa shape index (κ2) is 4.70. The summed E-state index contributed by atoms with van der Waals surface area (Å²) >= 11 is 0. The number of fused-ring (bicyclic) bond motifs is 1. The highest BCUT2D eigenvalue weighted by Crippen LogP contribution is 2.27. The van der Waals surface area contributed by atoms with E-state index in [1.807, 2.05) is 0 Å². The smallest absolute Gasteiger partial charge is 0.227 e. The summed E-state index contributed by atoms with van der Waals surface area (Å²) in [5.41, 5.74) is 1.47. The molecule has 5 heteroatoms. The number of methoxy groups -OCH3 is 1. The third-order valence-electron chi connectivity index (χ3n) is 2.98. The SMILES string of the molecule is COc1ccc(-c2nc3c(C(=O)[O-])cccc3o2)cc1. The van der Waals surface area contributed by atoms with Crippen LogP contribution in [-0.4, -0.2) is 18.1 Å². The van der Waals surface area contributed by atoms with Gasteiger partial charge in [-0.25, -0.2) is 4.98 Å². The quantitative estimate of drug-likeness (QED) is 0.724. The highest BCUT2D eigenvalue weighted by atomic mass is 16.5. The van der Waals surface area contributed by atoms with Crippen molar-refractivity contribution in [3.63, 3.8) is 0 Å². The molecule has 0 radical (unpaired) electrons. The van der Waals surface area contributed by atoms with Gasteiger partial charge in [0.25, 0.3) is 0 Å². The summed E-state index contributed by atoms with van der Waals surface area (Å²) < 4.78 is 10.7. The molecule has 3 aromatic rings. The van der Waals surface area contributed by atoms with Crippen LogP contribution in [0, 0.1) is 0 Å². The molecule has 0 aliphatic carbocycles. The van der Waals surface area contributed by atoms with Crippen LogP contribution in [0.5, 0.6) is 5.75 Å². The van der Waals surface area contributed by atoms with Gasteiger partial charge in [-0.05, 0) is 30.3 Å². The van der Waals surface area contributed by atoms with Crippen LogP contribution in [0.2, 0.25) is 0 Å². The number of oxazole rings is 1. The summed E-state index contributed by atoms with van der Waals surface area (Å²) in [6.45, 7) is 0. The van der Waals surface area contributed by atoms with Crippen molar-refractivity contribution in [3.05, 3.63) is 48.0 Å². The number of hydrogen-bond acceptors (Lipinski definition) is 5. The summed E-state index contributed by atoms with van der Waals surface area (Å²) in [4.78, 5) is 15.3. The molecule has 100 valence electrons. The van der Waals surface area contributed by atoms with E-state index in [0.717, 1.165) is 11.3 Å². The third kappa shape index (κ3) is 1.99. The number of ether oxygens (including phenoxy) is 1. The molecule has 0 saturated heterocycles. The number of carboxylic acid groups (broad SMARTS) is 1. The van der Waals surface area contributed by atoms with Crippen molar-refractivity contribution < 1.29 is 19.1 Å². The molecule has 0 N–H and O–H groups in total. The Bertz CT molecular complexity index is 774. The molecule has 0 fully saturated rings. The maximum atomic E-state index is 11.0. The molecule has 0 saturated carbocycles. The monoisotopic (exact) mass is 268 g/mol. The molecule has 0 amide bonds. The minimum atomic E-state index is -1.27. The van der Waals surface area contributed by atoms with Crippen molar-refractivity contribution in [1.29, 1.82) is 0 Å². The first-order valence-corrected chi connectivity index (χ1v) is 5.94. The molecular weight excluding hydrogens is 258 g/mol. The molecule has 0 aliphatic rings. The highest BCUT2D eigenvalue weighted by molar-refractivity contribution is 5.99. The van der Waals surface area contributed by atoms with Crippen molar-refractivity contribution in [2.45, 2.75) is 0 Å². The van der Waals surface area contributed by atoms with Gasteiger partial charge in [0, 0.05) is 11.1 Å². The first-order chi connectivity index (χ1) is 9.69. The Kier molecular flexibility index (Phi) is 2.87. The zero-order valence-corrected chi connectivity index (χ0v) is 10.6. The zero-order valence-electron chi connectivity index (χ0n) is 10.6. The van der Waals surface area contributed by atoms with E-state index >= 15 is 0 Å². The average Bonchev–Trinajstić information content (AvgIpc) is 2.90. The van der Waals surface area contributed by atoms with Gasteiger partial charge in [0.15, 0.2) is 5.58 Å². The lowest BCUT2D eigenvalue weighted by Gasteiger charge is -2.00. The Labute approximate surface area is 114 Å². The molecule has 2 aromatic carbocycles. The number of aromatic carboxylic acids is 1. The van der Waals surface area contributed by atoms with E-state index in [9.17, 15) is 9.90 Å². The number of hydrogen-bond donors (Lipinski definition) is 0. The lowest BCUT2D eigenvalue weighted by Crippen LogP contribution is -2.22. The Morgan fingerprint density at radius 3 is 2.60 bits per heavy atom. The van der Waals surface area contributed by atoms with E-state index in [2.05, 4.69) is 4.98 Å². The first kappa shape index (κ1) is 12.2. The van der Waals surface area contributed by atoms with Crippen LogP contribution in [0.25, 0.3) is 22.6 Å². The van der Waals surface area contributed by atoms with Crippen molar-refractivity contribution in [2.24, 2.45) is 0 Å². The van der Waals surface area contributed by atoms with Gasteiger partial charge in [-0.2, -0.15) is 0 Å². The second-order valence-electron chi connectivity index (χ2n) is 4.19. The van der Waals surface area contributed by atoms with Crippen molar-refractivity contribution in [3.8, 4) is 17.2 Å². The molecule has 0 spiro atoms. The number of rotatable bonds is 3. The number of carboxylic acids is 1. The van der Waals surface area contributed by atoms with Gasteiger partial charge >= 0.3 is 0 Å². The number of carbonyl (C=O) groups is 1. The van der Waals surface area contributed by atoms with Crippen molar-refractivity contribution in [1.82, 2.24) is 4.98 Å². The van der Waals surface area contributed by atoms with Crippen LogP contribution in [0.15, 0.2) is 46.9 Å². The van der Waals surface area contributed by atoms with E-state index in [1.54, 1.807) is 43.5 Å². The highest BCUT2D eigenvalue weighted by Gasteiger charge is 2.11. The lowest BCUT2D eigenvalue weighted by atomic mass is 10.2. The minimum absolute atomic E-state index is 0.0195. The normalized spacial score (nSPS) is 10.7. The van der Waals surface area contributed by atoms with E-state index in [0.29, 0.717) is 17.0 Å². The Morgan fingerprint density at radius 2 is 1.95 bits per heavy atom. The zero-order chi connectivity index (χ0) is 14.1. The third-order valence-corrected chi connectivity index (χ3v) is 2.98. The summed E-state index contributed by atoms with van der Waals surface area (Å²) in [6.07, 6.45) is 0. The van der Waals surface area contributed by atoms with E-state index in [-0.39, 0.29) is 5.56 Å². The predicted octanol–water partition coefficient (Wildman–Crippen LogP) is 1.87. The largest absolute Gasteiger partial charge is 0.545 e. The maximum absolute atomic E-state index is 11.0. The maximum Gasteiger partial charge on any atom is 0.227 e. The molecule has 3 rings (SSSR count). The Hall–Kier alpha value is -2.82. The molecule has 20 heavy (non-hydrogen) atoms. The van der Waals surface area contributed by atoms with E-state index < -0.39 is 5.97 Å². The van der Waals surface area contributed by atoms with Crippen LogP contribution < -0.4 is 9.84 Å². The van der Waals surface area contributed by atoms with Gasteiger partial charge in [-0.1, -0.05) is 12.1 Å². The van der Waals surface area contributed by atoms with Gasteiger partial charge < -0.3 is 19.1 Å². The molecule has 0 aliphatic heterocycles. The molecule has 0 atom stereocenters. The molecule has 1 aromatic heterocycles. The van der Waals surface area contributed by atoms with E-state index in [1.165, 1.54) is 6.07 Å². The fourth-order valence-electron chi connectivity index (χ4n) is 1.97. The van der Waals surface area contributed by atoms with Crippen LogP contribution in [0.4, 0.5) is 0 Å². The van der Waals surface area contributed by atoms with E-state index in [4.69, 9.17) is 9.15 Å². The van der Waals surface area contributed by atoms with Crippen molar-refractivity contribution in [2.75, 3.05) is 7.11 Å². The number of carbonyl (C=O) groups excluding carboxylic acids is 1. The fraction of sp³-hybridized carbons (Fsp3) is 0.0667. The summed E-state index contributed by atoms with van der Waals surface area (Å²) in [5.74, 6) is -0.193. The number of aromatic nitrogens is 1. The summed E-state index contributed by atoms with van der Waals surface area (Å²) in [5, 5.41) is 11.0. The van der Waals surface area contributed by atoms with Crippen LogP contribution in [0.3, 0.4) is 0 Å². The predicted molar refractivity (Wildman–Crippen MR) is 70.3 cm³/mol. The second-order valence-corrected chi connectivity index (χ2v) is 4.19. The minimum Gasteiger partial charge on any atom is -0.545 e. The van der Waals surface area contributed by atoms with Crippen LogP contribution in [0.1, 0.15) is 10.4 Å². The molecule has 0 bridgehead atoms.